The molecule has 1 aromatic carbocycles. The van der Waals surface area contributed by atoms with E-state index in [2.05, 4.69) is 0 Å². The van der Waals surface area contributed by atoms with E-state index in [1.54, 1.807) is 7.11 Å². The predicted octanol–water partition coefficient (Wildman–Crippen LogP) is 1.11. The van der Waals surface area contributed by atoms with E-state index in [9.17, 15) is 0 Å². The maximum absolute atomic E-state index is 5.75. The minimum absolute atomic E-state index is 0.853. The molecule has 0 heterocycles. The number of hydrogen-bond donors (Lipinski definition) is 0. The maximum Gasteiger partial charge on any atom is 0.119 e. The molecule has 0 aliphatic carbocycles. The molecule has 0 atom stereocenters. The zero-order valence-corrected chi connectivity index (χ0v) is 7.14. The fourth-order valence-electron chi connectivity index (χ4n) is 1.05. The molecule has 0 bridgehead atoms. The van der Waals surface area contributed by atoms with Crippen LogP contribution in [0.2, 0.25) is 0 Å². The summed E-state index contributed by atoms with van der Waals surface area (Å²) in [6.45, 7) is 3.95. The van der Waals surface area contributed by atoms with Crippen LogP contribution < -0.4 is 10.2 Å². The van der Waals surface area contributed by atoms with E-state index in [-0.39, 0.29) is 0 Å². The van der Waals surface area contributed by atoms with Crippen molar-refractivity contribution in [1.29, 1.82) is 0 Å². The molecule has 1 nitrogen and oxygen atoms in total. The third-order valence-corrected chi connectivity index (χ3v) is 1.80. The monoisotopic (exact) mass is 146 g/mol. The van der Waals surface area contributed by atoms with Crippen molar-refractivity contribution < 1.29 is 4.74 Å². The standard InChI is InChI=1S/C9H11BO/c1-6-4-8(11-3)5-7(2)9(6)10/h4-5H,1-3H3. The molecule has 0 aliphatic heterocycles. The summed E-state index contributed by atoms with van der Waals surface area (Å²) in [5.41, 5.74) is 2.99. The van der Waals surface area contributed by atoms with Crippen molar-refractivity contribution in [2.45, 2.75) is 13.8 Å². The lowest BCUT2D eigenvalue weighted by Crippen LogP contribution is -2.11. The van der Waals surface area contributed by atoms with Crippen LogP contribution in [0.25, 0.3) is 0 Å². The zero-order chi connectivity index (χ0) is 8.43. The van der Waals surface area contributed by atoms with Gasteiger partial charge in [-0.1, -0.05) is 16.6 Å². The molecule has 56 valence electrons. The first-order valence-electron chi connectivity index (χ1n) is 3.56. The van der Waals surface area contributed by atoms with Crippen LogP contribution >= 0.6 is 0 Å². The van der Waals surface area contributed by atoms with Gasteiger partial charge in [-0.3, -0.25) is 0 Å². The highest BCUT2D eigenvalue weighted by atomic mass is 16.5. The fourth-order valence-corrected chi connectivity index (χ4v) is 1.05. The largest absolute Gasteiger partial charge is 0.497 e. The molecule has 0 fully saturated rings. The maximum atomic E-state index is 5.75. The van der Waals surface area contributed by atoms with Gasteiger partial charge < -0.3 is 4.74 Å². The van der Waals surface area contributed by atoms with Gasteiger partial charge in [0.25, 0.3) is 0 Å². The summed E-state index contributed by atoms with van der Waals surface area (Å²) < 4.78 is 5.08. The Labute approximate surface area is 68.8 Å². The number of benzene rings is 1. The smallest absolute Gasteiger partial charge is 0.119 e. The van der Waals surface area contributed by atoms with Crippen molar-refractivity contribution in [2.24, 2.45) is 0 Å². The summed E-state index contributed by atoms with van der Waals surface area (Å²) in [5, 5.41) is 0. The van der Waals surface area contributed by atoms with Crippen LogP contribution in [0.15, 0.2) is 12.1 Å². The summed E-state index contributed by atoms with van der Waals surface area (Å²) in [6, 6.07) is 3.87. The molecule has 0 amide bonds. The zero-order valence-electron chi connectivity index (χ0n) is 7.14. The first-order valence-corrected chi connectivity index (χ1v) is 3.56. The highest BCUT2D eigenvalue weighted by molar-refractivity contribution is 6.34. The molecule has 2 radical (unpaired) electrons. The second-order valence-electron chi connectivity index (χ2n) is 2.67. The van der Waals surface area contributed by atoms with Crippen molar-refractivity contribution in [3.8, 4) is 5.75 Å². The van der Waals surface area contributed by atoms with Crippen molar-refractivity contribution >= 4 is 13.3 Å². The summed E-state index contributed by atoms with van der Waals surface area (Å²) >= 11 is 0. The summed E-state index contributed by atoms with van der Waals surface area (Å²) in [7, 11) is 7.41. The molecule has 0 spiro atoms. The lowest BCUT2D eigenvalue weighted by Gasteiger charge is -2.07. The lowest BCUT2D eigenvalue weighted by molar-refractivity contribution is 0.414. The molecular weight excluding hydrogens is 135 g/mol. The number of ether oxygens (including phenoxy) is 1. The third-order valence-electron chi connectivity index (χ3n) is 1.80. The van der Waals surface area contributed by atoms with Crippen molar-refractivity contribution in [3.63, 3.8) is 0 Å². The summed E-state index contributed by atoms with van der Waals surface area (Å²) in [4.78, 5) is 0. The highest BCUT2D eigenvalue weighted by Gasteiger charge is 1.98. The number of rotatable bonds is 1. The molecule has 0 unspecified atom stereocenters. The summed E-state index contributed by atoms with van der Waals surface area (Å²) in [6.07, 6.45) is 0. The molecule has 1 rings (SSSR count). The van der Waals surface area contributed by atoms with Crippen molar-refractivity contribution in [1.82, 2.24) is 0 Å². The topological polar surface area (TPSA) is 9.23 Å². The van der Waals surface area contributed by atoms with Crippen LogP contribution in [0, 0.1) is 13.8 Å². The van der Waals surface area contributed by atoms with Crippen LogP contribution in [0.4, 0.5) is 0 Å². The van der Waals surface area contributed by atoms with E-state index in [0.29, 0.717) is 0 Å². The molecule has 11 heavy (non-hydrogen) atoms. The van der Waals surface area contributed by atoms with Crippen LogP contribution in [-0.4, -0.2) is 15.0 Å². The molecule has 0 N–H and O–H groups in total. The van der Waals surface area contributed by atoms with Crippen molar-refractivity contribution in [3.05, 3.63) is 23.3 Å². The molecule has 0 saturated heterocycles. The first kappa shape index (κ1) is 8.18. The molecule has 2 heteroatoms. The average Bonchev–Trinajstić information content (AvgIpc) is 1.99. The average molecular weight is 146 g/mol. The second kappa shape index (κ2) is 2.99. The van der Waals surface area contributed by atoms with Gasteiger partial charge in [-0.15, -0.1) is 0 Å². The normalized spacial score (nSPS) is 9.73. The molecular formula is C9H11BO. The second-order valence-corrected chi connectivity index (χ2v) is 2.67. The Balaban J connectivity index is 3.21. The third kappa shape index (κ3) is 1.56. The van der Waals surface area contributed by atoms with Crippen LogP contribution in [0.1, 0.15) is 11.1 Å². The predicted molar refractivity (Wildman–Crippen MR) is 47.9 cm³/mol. The Morgan fingerprint density at radius 3 is 2.00 bits per heavy atom. The Hall–Kier alpha value is -0.915. The van der Waals surface area contributed by atoms with Gasteiger partial charge in [0, 0.05) is 0 Å². The Morgan fingerprint density at radius 2 is 1.64 bits per heavy atom. The highest BCUT2D eigenvalue weighted by Crippen LogP contribution is 2.12. The van der Waals surface area contributed by atoms with Gasteiger partial charge in [0.1, 0.15) is 13.6 Å². The van der Waals surface area contributed by atoms with E-state index >= 15 is 0 Å². The molecule has 1 aromatic rings. The Kier molecular flexibility index (Phi) is 2.23. The van der Waals surface area contributed by atoms with E-state index in [0.717, 1.165) is 22.3 Å². The molecule has 0 aliphatic rings. The first-order chi connectivity index (χ1) is 5.15. The number of hydrogen-bond acceptors (Lipinski definition) is 1. The Bertz CT molecular complexity index is 245. The Morgan fingerprint density at radius 1 is 1.18 bits per heavy atom. The lowest BCUT2D eigenvalue weighted by atomic mass is 9.87. The van der Waals surface area contributed by atoms with Gasteiger partial charge >= 0.3 is 0 Å². The fraction of sp³-hybridized carbons (Fsp3) is 0.333. The minimum Gasteiger partial charge on any atom is -0.497 e. The van der Waals surface area contributed by atoms with Crippen molar-refractivity contribution in [2.75, 3.05) is 7.11 Å². The minimum atomic E-state index is 0.853. The number of aryl methyl sites for hydroxylation is 2. The van der Waals surface area contributed by atoms with E-state index in [1.807, 2.05) is 26.0 Å². The quantitative estimate of drug-likeness (QED) is 0.539. The van der Waals surface area contributed by atoms with E-state index in [1.165, 1.54) is 0 Å². The van der Waals surface area contributed by atoms with Gasteiger partial charge in [0.2, 0.25) is 0 Å². The van der Waals surface area contributed by atoms with Gasteiger partial charge in [0.05, 0.1) is 7.11 Å². The van der Waals surface area contributed by atoms with E-state index in [4.69, 9.17) is 12.6 Å². The number of methoxy groups -OCH3 is 1. The van der Waals surface area contributed by atoms with Gasteiger partial charge in [-0.25, -0.2) is 0 Å². The molecule has 0 saturated carbocycles. The van der Waals surface area contributed by atoms with Gasteiger partial charge in [0.15, 0.2) is 0 Å². The van der Waals surface area contributed by atoms with Crippen LogP contribution in [0.5, 0.6) is 5.75 Å². The van der Waals surface area contributed by atoms with Crippen LogP contribution in [-0.2, 0) is 0 Å². The van der Waals surface area contributed by atoms with E-state index < -0.39 is 0 Å². The van der Waals surface area contributed by atoms with Gasteiger partial charge in [-0.05, 0) is 26.0 Å². The van der Waals surface area contributed by atoms with Gasteiger partial charge in [-0.2, -0.15) is 0 Å². The van der Waals surface area contributed by atoms with Crippen LogP contribution in [0.3, 0.4) is 0 Å². The SMILES string of the molecule is [B]c1c(C)cc(OC)cc1C. The molecule has 0 aromatic heterocycles. The summed E-state index contributed by atoms with van der Waals surface area (Å²) in [5.74, 6) is 0.870.